The maximum absolute atomic E-state index is 5.06. The third-order valence-electron chi connectivity index (χ3n) is 4.45. The van der Waals surface area contributed by atoms with E-state index in [0.29, 0.717) is 5.41 Å². The van der Waals surface area contributed by atoms with Crippen LogP contribution in [-0.2, 0) is 17.6 Å². The fraction of sp³-hybridized carbons (Fsp3) is 0.786. The topological polar surface area (TPSA) is 34.1 Å². The number of ether oxygens (including phenoxy) is 1. The van der Waals surface area contributed by atoms with Crippen molar-refractivity contribution in [1.82, 2.24) is 4.98 Å². The van der Waals surface area contributed by atoms with E-state index in [1.807, 2.05) is 11.3 Å². The molecule has 0 radical (unpaired) electrons. The molecule has 18 heavy (non-hydrogen) atoms. The zero-order valence-electron chi connectivity index (χ0n) is 11.1. The highest BCUT2D eigenvalue weighted by atomic mass is 32.1. The predicted octanol–water partition coefficient (Wildman–Crippen LogP) is 3.25. The van der Waals surface area contributed by atoms with Gasteiger partial charge in [-0.3, -0.25) is 0 Å². The lowest BCUT2D eigenvalue weighted by molar-refractivity contribution is 0.211. The van der Waals surface area contributed by atoms with Crippen LogP contribution in [-0.4, -0.2) is 25.2 Å². The molecule has 4 heteroatoms. The quantitative estimate of drug-likeness (QED) is 0.849. The molecule has 0 unspecified atom stereocenters. The number of hydrogen-bond donors (Lipinski definition) is 1. The first-order valence-electron chi connectivity index (χ1n) is 7.03. The van der Waals surface area contributed by atoms with Crippen LogP contribution in [0.15, 0.2) is 0 Å². The van der Waals surface area contributed by atoms with E-state index in [0.717, 1.165) is 18.3 Å². The molecule has 1 fully saturated rings. The third kappa shape index (κ3) is 2.41. The molecule has 1 heterocycles. The van der Waals surface area contributed by atoms with Gasteiger partial charge in [0, 0.05) is 18.5 Å². The van der Waals surface area contributed by atoms with Crippen molar-refractivity contribution >= 4 is 16.5 Å². The minimum absolute atomic E-state index is 0.642. The Kier molecular flexibility index (Phi) is 3.57. The van der Waals surface area contributed by atoms with Crippen LogP contribution in [0.25, 0.3) is 0 Å². The molecule has 100 valence electrons. The molecule has 0 saturated heterocycles. The Balaban J connectivity index is 1.68. The van der Waals surface area contributed by atoms with Crippen LogP contribution in [0.2, 0.25) is 0 Å². The molecule has 1 spiro atoms. The summed E-state index contributed by atoms with van der Waals surface area (Å²) in [7, 11) is 1.73. The number of thiazole rings is 1. The molecule has 3 rings (SSSR count). The SMILES string of the molecule is COCCNc1nc2c(s1)CC1(CCCC1)CC2. The summed E-state index contributed by atoms with van der Waals surface area (Å²) in [5.41, 5.74) is 2.00. The van der Waals surface area contributed by atoms with Crippen LogP contribution in [0.5, 0.6) is 0 Å². The Morgan fingerprint density at radius 2 is 2.17 bits per heavy atom. The van der Waals surface area contributed by atoms with Crippen molar-refractivity contribution in [2.24, 2.45) is 5.41 Å². The normalized spacial score (nSPS) is 21.2. The molecular weight excluding hydrogens is 244 g/mol. The number of nitrogens with zero attached hydrogens (tertiary/aromatic N) is 1. The Bertz CT molecular complexity index is 410. The van der Waals surface area contributed by atoms with E-state index in [1.165, 1.54) is 50.6 Å². The van der Waals surface area contributed by atoms with Crippen LogP contribution in [0.1, 0.15) is 42.7 Å². The van der Waals surface area contributed by atoms with Crippen molar-refractivity contribution in [1.29, 1.82) is 0 Å². The molecule has 0 amide bonds. The van der Waals surface area contributed by atoms with Crippen molar-refractivity contribution in [2.45, 2.75) is 44.9 Å². The molecule has 1 aromatic rings. The largest absolute Gasteiger partial charge is 0.383 e. The Hall–Kier alpha value is -0.610. The van der Waals surface area contributed by atoms with E-state index >= 15 is 0 Å². The first-order chi connectivity index (χ1) is 8.81. The van der Waals surface area contributed by atoms with Crippen molar-refractivity contribution in [2.75, 3.05) is 25.6 Å². The van der Waals surface area contributed by atoms with Crippen LogP contribution >= 0.6 is 11.3 Å². The first-order valence-corrected chi connectivity index (χ1v) is 7.84. The fourth-order valence-electron chi connectivity index (χ4n) is 3.42. The molecule has 2 aliphatic rings. The summed E-state index contributed by atoms with van der Waals surface area (Å²) >= 11 is 1.87. The van der Waals surface area contributed by atoms with Crippen LogP contribution in [0, 0.1) is 5.41 Å². The van der Waals surface area contributed by atoms with Crippen molar-refractivity contribution in [3.8, 4) is 0 Å². The molecule has 0 aromatic carbocycles. The monoisotopic (exact) mass is 266 g/mol. The number of aryl methyl sites for hydroxylation is 1. The number of rotatable bonds is 4. The molecule has 0 aliphatic heterocycles. The van der Waals surface area contributed by atoms with Gasteiger partial charge >= 0.3 is 0 Å². The van der Waals surface area contributed by atoms with Gasteiger partial charge in [0.15, 0.2) is 5.13 Å². The number of aromatic nitrogens is 1. The maximum Gasteiger partial charge on any atom is 0.183 e. The van der Waals surface area contributed by atoms with Crippen LogP contribution in [0.3, 0.4) is 0 Å². The highest BCUT2D eigenvalue weighted by Crippen LogP contribution is 2.49. The van der Waals surface area contributed by atoms with Gasteiger partial charge in [-0.2, -0.15) is 0 Å². The second-order valence-electron chi connectivity index (χ2n) is 5.69. The van der Waals surface area contributed by atoms with E-state index in [1.54, 1.807) is 12.0 Å². The summed E-state index contributed by atoms with van der Waals surface area (Å²) in [6, 6.07) is 0. The summed E-state index contributed by atoms with van der Waals surface area (Å²) in [5.74, 6) is 0. The van der Waals surface area contributed by atoms with Crippen LogP contribution < -0.4 is 5.32 Å². The van der Waals surface area contributed by atoms with Crippen molar-refractivity contribution in [3.05, 3.63) is 10.6 Å². The zero-order valence-corrected chi connectivity index (χ0v) is 11.9. The predicted molar refractivity (Wildman–Crippen MR) is 75.4 cm³/mol. The van der Waals surface area contributed by atoms with Gasteiger partial charge in [-0.15, -0.1) is 11.3 Å². The van der Waals surface area contributed by atoms with E-state index in [9.17, 15) is 0 Å². The molecule has 0 bridgehead atoms. The highest BCUT2D eigenvalue weighted by Gasteiger charge is 2.38. The molecule has 3 nitrogen and oxygen atoms in total. The summed E-state index contributed by atoms with van der Waals surface area (Å²) < 4.78 is 5.06. The lowest BCUT2D eigenvalue weighted by atomic mass is 9.74. The summed E-state index contributed by atoms with van der Waals surface area (Å²) in [5, 5.41) is 4.45. The van der Waals surface area contributed by atoms with Gasteiger partial charge in [0.05, 0.1) is 12.3 Å². The molecule has 1 N–H and O–H groups in total. The first kappa shape index (κ1) is 12.4. The number of methoxy groups -OCH3 is 1. The van der Waals surface area contributed by atoms with Crippen molar-refractivity contribution in [3.63, 3.8) is 0 Å². The lowest BCUT2D eigenvalue weighted by Crippen LogP contribution is -2.24. The van der Waals surface area contributed by atoms with Gasteiger partial charge in [-0.05, 0) is 37.5 Å². The number of anilines is 1. The average Bonchev–Trinajstić information content (AvgIpc) is 2.97. The summed E-state index contributed by atoms with van der Waals surface area (Å²) in [6.45, 7) is 1.60. The smallest absolute Gasteiger partial charge is 0.183 e. The fourth-order valence-corrected chi connectivity index (χ4v) is 4.62. The van der Waals surface area contributed by atoms with E-state index in [-0.39, 0.29) is 0 Å². The van der Waals surface area contributed by atoms with E-state index in [4.69, 9.17) is 9.72 Å². The maximum atomic E-state index is 5.06. The standard InChI is InChI=1S/C14H22N2OS/c1-17-9-8-15-13-16-11-4-7-14(5-2-3-6-14)10-12(11)18-13/h2-10H2,1H3,(H,15,16). The van der Waals surface area contributed by atoms with E-state index < -0.39 is 0 Å². The minimum Gasteiger partial charge on any atom is -0.383 e. The molecule has 1 aromatic heterocycles. The van der Waals surface area contributed by atoms with Gasteiger partial charge < -0.3 is 10.1 Å². The average molecular weight is 266 g/mol. The van der Waals surface area contributed by atoms with Gasteiger partial charge in [-0.1, -0.05) is 12.8 Å². The van der Waals surface area contributed by atoms with Crippen LogP contribution in [0.4, 0.5) is 5.13 Å². The highest BCUT2D eigenvalue weighted by molar-refractivity contribution is 7.15. The number of hydrogen-bond acceptors (Lipinski definition) is 4. The van der Waals surface area contributed by atoms with Gasteiger partial charge in [0.1, 0.15) is 0 Å². The van der Waals surface area contributed by atoms with Gasteiger partial charge in [0.25, 0.3) is 0 Å². The molecular formula is C14H22N2OS. The molecule has 2 aliphatic carbocycles. The molecule has 1 saturated carbocycles. The summed E-state index contributed by atoms with van der Waals surface area (Å²) in [4.78, 5) is 6.27. The lowest BCUT2D eigenvalue weighted by Gasteiger charge is -2.32. The second-order valence-corrected chi connectivity index (χ2v) is 6.78. The number of fused-ring (bicyclic) bond motifs is 1. The Morgan fingerprint density at radius 1 is 1.33 bits per heavy atom. The Morgan fingerprint density at radius 3 is 2.94 bits per heavy atom. The molecule has 0 atom stereocenters. The van der Waals surface area contributed by atoms with Crippen molar-refractivity contribution < 1.29 is 4.74 Å². The van der Waals surface area contributed by atoms with Gasteiger partial charge in [0.2, 0.25) is 0 Å². The summed E-state index contributed by atoms with van der Waals surface area (Å²) in [6.07, 6.45) is 9.60. The zero-order chi connectivity index (χ0) is 12.4. The second kappa shape index (κ2) is 5.17. The Labute approximate surface area is 113 Å². The minimum atomic E-state index is 0.642. The third-order valence-corrected chi connectivity index (χ3v) is 5.51. The number of nitrogens with one attached hydrogen (secondary N) is 1. The van der Waals surface area contributed by atoms with E-state index in [2.05, 4.69) is 5.32 Å². The van der Waals surface area contributed by atoms with Gasteiger partial charge in [-0.25, -0.2) is 4.98 Å².